The van der Waals surface area contributed by atoms with Crippen molar-refractivity contribution in [3.05, 3.63) is 33.5 Å². The standard InChI is InChI=1S/C18H26N2O3S/c1-13-8-9-16(24-13)15(23-2)12-20-18(22)17(21)19-11-10-14-6-4-3-5-7-14/h6,8-9,15H,3-5,7,10-12H2,1-2H3,(H,19,21)(H,20,22). The lowest BCUT2D eigenvalue weighted by Gasteiger charge is -2.15. The molecule has 1 aliphatic carbocycles. The molecule has 1 unspecified atom stereocenters. The fourth-order valence-electron chi connectivity index (χ4n) is 2.74. The Morgan fingerprint density at radius 3 is 2.67 bits per heavy atom. The van der Waals surface area contributed by atoms with E-state index in [-0.39, 0.29) is 12.6 Å². The van der Waals surface area contributed by atoms with Crippen LogP contribution < -0.4 is 10.6 Å². The molecule has 2 N–H and O–H groups in total. The maximum Gasteiger partial charge on any atom is 0.309 e. The molecule has 0 aromatic carbocycles. The maximum atomic E-state index is 11.9. The lowest BCUT2D eigenvalue weighted by Crippen LogP contribution is -2.41. The molecule has 1 atom stereocenters. The second-order valence-corrected chi connectivity index (χ2v) is 7.32. The second-order valence-electron chi connectivity index (χ2n) is 6.00. The van der Waals surface area contributed by atoms with Gasteiger partial charge in [-0.05, 0) is 51.2 Å². The number of methoxy groups -OCH3 is 1. The average molecular weight is 350 g/mol. The molecule has 1 aliphatic rings. The van der Waals surface area contributed by atoms with Gasteiger partial charge in [0.15, 0.2) is 0 Å². The van der Waals surface area contributed by atoms with E-state index in [0.717, 1.165) is 24.1 Å². The minimum absolute atomic E-state index is 0.229. The third-order valence-electron chi connectivity index (χ3n) is 4.13. The summed E-state index contributed by atoms with van der Waals surface area (Å²) in [6.07, 6.45) is 7.56. The Labute approximate surface area is 147 Å². The number of thiophene rings is 1. The Morgan fingerprint density at radius 2 is 2.04 bits per heavy atom. The van der Waals surface area contributed by atoms with Crippen molar-refractivity contribution in [2.24, 2.45) is 0 Å². The number of amides is 2. The molecule has 5 nitrogen and oxygen atoms in total. The van der Waals surface area contributed by atoms with E-state index < -0.39 is 11.8 Å². The number of hydrogen-bond donors (Lipinski definition) is 2. The fraction of sp³-hybridized carbons (Fsp3) is 0.556. The Morgan fingerprint density at radius 1 is 1.25 bits per heavy atom. The highest BCUT2D eigenvalue weighted by molar-refractivity contribution is 7.12. The van der Waals surface area contributed by atoms with Crippen molar-refractivity contribution in [3.8, 4) is 0 Å². The topological polar surface area (TPSA) is 67.4 Å². The molecule has 1 aromatic rings. The molecule has 6 heteroatoms. The molecule has 132 valence electrons. The van der Waals surface area contributed by atoms with E-state index in [2.05, 4.69) is 16.7 Å². The van der Waals surface area contributed by atoms with Gasteiger partial charge < -0.3 is 15.4 Å². The van der Waals surface area contributed by atoms with Crippen LogP contribution in [0.5, 0.6) is 0 Å². The van der Waals surface area contributed by atoms with Crippen LogP contribution in [0.15, 0.2) is 23.8 Å². The summed E-state index contributed by atoms with van der Waals surface area (Å²) in [4.78, 5) is 26.0. The summed E-state index contributed by atoms with van der Waals surface area (Å²) in [6.45, 7) is 2.82. The van der Waals surface area contributed by atoms with Gasteiger partial charge in [0.25, 0.3) is 0 Å². The van der Waals surface area contributed by atoms with Crippen LogP contribution in [-0.2, 0) is 14.3 Å². The number of carbonyl (C=O) groups excluding carboxylic acids is 2. The quantitative estimate of drug-likeness (QED) is 0.587. The molecule has 0 bridgehead atoms. The number of allylic oxidation sites excluding steroid dienone is 1. The molecule has 0 fully saturated rings. The van der Waals surface area contributed by atoms with E-state index in [0.29, 0.717) is 6.54 Å². The zero-order chi connectivity index (χ0) is 17.4. The first-order valence-electron chi connectivity index (χ1n) is 8.43. The highest BCUT2D eigenvalue weighted by atomic mass is 32.1. The SMILES string of the molecule is COC(CNC(=O)C(=O)NCCC1=CCCCC1)c1ccc(C)s1. The molecule has 0 radical (unpaired) electrons. The van der Waals surface area contributed by atoms with Crippen LogP contribution in [0.3, 0.4) is 0 Å². The van der Waals surface area contributed by atoms with E-state index in [9.17, 15) is 9.59 Å². The van der Waals surface area contributed by atoms with Gasteiger partial charge in [0.05, 0.1) is 0 Å². The lowest BCUT2D eigenvalue weighted by molar-refractivity contribution is -0.139. The maximum absolute atomic E-state index is 11.9. The summed E-state index contributed by atoms with van der Waals surface area (Å²) in [7, 11) is 1.60. The van der Waals surface area contributed by atoms with E-state index >= 15 is 0 Å². The lowest BCUT2D eigenvalue weighted by atomic mass is 9.97. The van der Waals surface area contributed by atoms with Gasteiger partial charge in [0.2, 0.25) is 0 Å². The summed E-state index contributed by atoms with van der Waals surface area (Å²) in [5.41, 5.74) is 1.38. The Hall–Kier alpha value is -1.66. The summed E-state index contributed by atoms with van der Waals surface area (Å²) in [5.74, 6) is -1.19. The first-order valence-corrected chi connectivity index (χ1v) is 9.25. The Balaban J connectivity index is 1.70. The Kier molecular flexibility index (Phi) is 7.46. The zero-order valence-electron chi connectivity index (χ0n) is 14.4. The molecular weight excluding hydrogens is 324 g/mol. The van der Waals surface area contributed by atoms with Gasteiger partial charge >= 0.3 is 11.8 Å². The third kappa shape index (κ3) is 5.76. The van der Waals surface area contributed by atoms with Crippen LogP contribution in [0, 0.1) is 6.92 Å². The fourth-order valence-corrected chi connectivity index (χ4v) is 3.70. The first kappa shape index (κ1) is 18.7. The van der Waals surface area contributed by atoms with Gasteiger partial charge in [-0.25, -0.2) is 0 Å². The van der Waals surface area contributed by atoms with Crippen molar-refractivity contribution < 1.29 is 14.3 Å². The van der Waals surface area contributed by atoms with Crippen molar-refractivity contribution in [2.45, 2.75) is 45.1 Å². The number of hydrogen-bond acceptors (Lipinski definition) is 4. The van der Waals surface area contributed by atoms with Crippen LogP contribution in [0.1, 0.15) is 48.0 Å². The molecule has 2 rings (SSSR count). The van der Waals surface area contributed by atoms with E-state index in [1.807, 2.05) is 19.1 Å². The molecule has 0 aliphatic heterocycles. The minimum atomic E-state index is -0.608. The summed E-state index contributed by atoms with van der Waals surface area (Å²) in [5, 5.41) is 5.33. The largest absolute Gasteiger partial charge is 0.374 e. The van der Waals surface area contributed by atoms with Gasteiger partial charge in [0, 0.05) is 30.0 Å². The van der Waals surface area contributed by atoms with E-state index in [4.69, 9.17) is 4.74 Å². The van der Waals surface area contributed by atoms with E-state index in [1.165, 1.54) is 23.3 Å². The minimum Gasteiger partial charge on any atom is -0.374 e. The number of carbonyl (C=O) groups is 2. The third-order valence-corrected chi connectivity index (χ3v) is 5.23. The van der Waals surface area contributed by atoms with Gasteiger partial charge in [-0.3, -0.25) is 9.59 Å². The molecule has 0 saturated carbocycles. The number of rotatable bonds is 7. The number of nitrogens with one attached hydrogen (secondary N) is 2. The zero-order valence-corrected chi connectivity index (χ0v) is 15.2. The smallest absolute Gasteiger partial charge is 0.309 e. The van der Waals surface area contributed by atoms with Crippen molar-refractivity contribution >= 4 is 23.2 Å². The Bertz CT molecular complexity index is 595. The molecule has 24 heavy (non-hydrogen) atoms. The predicted octanol–water partition coefficient (Wildman–Crippen LogP) is 2.87. The highest BCUT2D eigenvalue weighted by Crippen LogP contribution is 2.24. The molecule has 2 amide bonds. The molecule has 0 spiro atoms. The summed E-state index contributed by atoms with van der Waals surface area (Å²) in [6, 6.07) is 4.00. The average Bonchev–Trinajstić information content (AvgIpc) is 3.02. The predicted molar refractivity (Wildman–Crippen MR) is 96.0 cm³/mol. The van der Waals surface area contributed by atoms with Crippen molar-refractivity contribution in [1.29, 1.82) is 0 Å². The van der Waals surface area contributed by atoms with Crippen LogP contribution >= 0.6 is 11.3 Å². The molecule has 1 heterocycles. The molecule has 0 saturated heterocycles. The van der Waals surface area contributed by atoms with Crippen LogP contribution in [0.2, 0.25) is 0 Å². The van der Waals surface area contributed by atoms with Gasteiger partial charge in [-0.2, -0.15) is 0 Å². The summed E-state index contributed by atoms with van der Waals surface area (Å²) < 4.78 is 5.40. The van der Waals surface area contributed by atoms with Crippen LogP contribution in [-0.4, -0.2) is 32.0 Å². The highest BCUT2D eigenvalue weighted by Gasteiger charge is 2.17. The number of ether oxygens (including phenoxy) is 1. The van der Waals surface area contributed by atoms with Crippen LogP contribution in [0.25, 0.3) is 0 Å². The number of aryl methyl sites for hydroxylation is 1. The van der Waals surface area contributed by atoms with Gasteiger partial charge in [-0.1, -0.05) is 11.6 Å². The summed E-state index contributed by atoms with van der Waals surface area (Å²) >= 11 is 1.63. The van der Waals surface area contributed by atoms with Gasteiger partial charge in [0.1, 0.15) is 6.10 Å². The molecular formula is C18H26N2O3S. The normalized spacial score (nSPS) is 15.5. The monoisotopic (exact) mass is 350 g/mol. The second kappa shape index (κ2) is 9.59. The molecule has 1 aromatic heterocycles. The van der Waals surface area contributed by atoms with Crippen molar-refractivity contribution in [1.82, 2.24) is 10.6 Å². The van der Waals surface area contributed by atoms with Crippen LogP contribution in [0.4, 0.5) is 0 Å². The van der Waals surface area contributed by atoms with Gasteiger partial charge in [-0.15, -0.1) is 11.3 Å². The van der Waals surface area contributed by atoms with E-state index in [1.54, 1.807) is 18.4 Å². The van der Waals surface area contributed by atoms with Crippen molar-refractivity contribution in [2.75, 3.05) is 20.2 Å². The first-order chi connectivity index (χ1) is 11.6. The van der Waals surface area contributed by atoms with Crippen molar-refractivity contribution in [3.63, 3.8) is 0 Å².